The predicted octanol–water partition coefficient (Wildman–Crippen LogP) is 5.75. The molecular formula is C29H41FN2O2. The SMILES string of the molecule is C.CC(=O)N1CCC(Cc2ccc(F)cc2)CC1.CC(=O)N1CCC(Cc2ccccc2)CC1. The summed E-state index contributed by atoms with van der Waals surface area (Å²) in [7, 11) is 0. The normalized spacial score (nSPS) is 16.8. The highest BCUT2D eigenvalue weighted by molar-refractivity contribution is 5.73. The monoisotopic (exact) mass is 468 g/mol. The molecule has 0 radical (unpaired) electrons. The molecule has 2 heterocycles. The molecule has 5 heteroatoms. The Morgan fingerprint density at radius 3 is 1.47 bits per heavy atom. The van der Waals surface area contributed by atoms with Crippen molar-refractivity contribution in [1.82, 2.24) is 9.80 Å². The number of likely N-dealkylation sites (tertiary alicyclic amines) is 2. The predicted molar refractivity (Wildman–Crippen MR) is 137 cm³/mol. The Morgan fingerprint density at radius 1 is 0.706 bits per heavy atom. The van der Waals surface area contributed by atoms with Gasteiger partial charge in [0.05, 0.1) is 0 Å². The molecule has 2 amide bonds. The minimum absolute atomic E-state index is 0. The van der Waals surface area contributed by atoms with Gasteiger partial charge in [-0.15, -0.1) is 0 Å². The van der Waals surface area contributed by atoms with E-state index in [0.717, 1.165) is 70.6 Å². The third-order valence-electron chi connectivity index (χ3n) is 6.92. The van der Waals surface area contributed by atoms with E-state index in [0.29, 0.717) is 5.92 Å². The highest BCUT2D eigenvalue weighted by atomic mass is 19.1. The second kappa shape index (κ2) is 13.9. The molecule has 2 fully saturated rings. The van der Waals surface area contributed by atoms with Crippen molar-refractivity contribution in [3.63, 3.8) is 0 Å². The zero-order valence-electron chi connectivity index (χ0n) is 20.0. The molecule has 0 atom stereocenters. The third kappa shape index (κ3) is 8.92. The van der Waals surface area contributed by atoms with Gasteiger partial charge in [-0.25, -0.2) is 4.39 Å². The van der Waals surface area contributed by atoms with Gasteiger partial charge < -0.3 is 9.80 Å². The fourth-order valence-electron chi connectivity index (χ4n) is 4.81. The minimum atomic E-state index is -0.180. The van der Waals surface area contributed by atoms with Crippen LogP contribution in [0.4, 0.5) is 4.39 Å². The lowest BCUT2D eigenvalue weighted by Crippen LogP contribution is -2.37. The number of nitrogens with zero attached hydrogens (tertiary/aromatic N) is 2. The average Bonchev–Trinajstić information content (AvgIpc) is 2.82. The number of rotatable bonds is 4. The highest BCUT2D eigenvalue weighted by Gasteiger charge is 2.21. The minimum Gasteiger partial charge on any atom is -0.343 e. The molecule has 4 nitrogen and oxygen atoms in total. The number of benzene rings is 2. The molecular weight excluding hydrogens is 427 g/mol. The van der Waals surface area contributed by atoms with E-state index < -0.39 is 0 Å². The van der Waals surface area contributed by atoms with Gasteiger partial charge in [-0.1, -0.05) is 49.9 Å². The van der Waals surface area contributed by atoms with Crippen molar-refractivity contribution in [1.29, 1.82) is 0 Å². The van der Waals surface area contributed by atoms with Crippen molar-refractivity contribution in [3.05, 3.63) is 71.5 Å². The maximum Gasteiger partial charge on any atom is 0.219 e. The van der Waals surface area contributed by atoms with Crippen molar-refractivity contribution < 1.29 is 14.0 Å². The van der Waals surface area contributed by atoms with Crippen molar-refractivity contribution in [2.45, 2.75) is 59.8 Å². The summed E-state index contributed by atoms with van der Waals surface area (Å²) in [5, 5.41) is 0. The molecule has 4 rings (SSSR count). The van der Waals surface area contributed by atoms with Gasteiger partial charge in [-0.3, -0.25) is 9.59 Å². The first-order valence-corrected chi connectivity index (χ1v) is 12.2. The zero-order valence-corrected chi connectivity index (χ0v) is 20.0. The molecule has 0 spiro atoms. The van der Waals surface area contributed by atoms with Crippen LogP contribution in [-0.2, 0) is 22.4 Å². The molecule has 0 N–H and O–H groups in total. The van der Waals surface area contributed by atoms with Gasteiger partial charge in [0.1, 0.15) is 5.82 Å². The molecule has 2 aromatic rings. The number of piperidine rings is 2. The van der Waals surface area contributed by atoms with Gasteiger partial charge in [0.15, 0.2) is 0 Å². The Morgan fingerprint density at radius 2 is 1.09 bits per heavy atom. The molecule has 186 valence electrons. The Balaban J connectivity index is 0.000000234. The van der Waals surface area contributed by atoms with Crippen LogP contribution in [0.3, 0.4) is 0 Å². The van der Waals surface area contributed by atoms with Crippen molar-refractivity contribution in [3.8, 4) is 0 Å². The molecule has 0 unspecified atom stereocenters. The van der Waals surface area contributed by atoms with Gasteiger partial charge in [0.25, 0.3) is 0 Å². The number of carbonyl (C=O) groups excluding carboxylic acids is 2. The quantitative estimate of drug-likeness (QED) is 0.573. The Bertz CT molecular complexity index is 869. The van der Waals surface area contributed by atoms with Crippen LogP contribution < -0.4 is 0 Å². The topological polar surface area (TPSA) is 40.6 Å². The van der Waals surface area contributed by atoms with Crippen LogP contribution in [0, 0.1) is 17.7 Å². The smallest absolute Gasteiger partial charge is 0.219 e. The second-order valence-electron chi connectivity index (χ2n) is 9.42. The Kier molecular flexibility index (Phi) is 11.2. The standard InChI is InChI=1S/C14H18FNO.C14H19NO.CH4/c1-11(17)16-8-6-13(7-9-16)10-12-2-4-14(15)5-3-12;1-12(16)15-9-7-14(8-10-15)11-13-5-3-2-4-6-13;/h2-5,13H,6-10H2,1H3;2-6,14H,7-11H2,1H3;1H4. The number of amides is 2. The number of hydrogen-bond acceptors (Lipinski definition) is 2. The summed E-state index contributed by atoms with van der Waals surface area (Å²) in [6.07, 6.45) is 6.55. The molecule has 2 aliphatic rings. The van der Waals surface area contributed by atoms with E-state index >= 15 is 0 Å². The van der Waals surface area contributed by atoms with E-state index in [2.05, 4.69) is 30.3 Å². The number of halogens is 1. The maximum atomic E-state index is 12.8. The van der Waals surface area contributed by atoms with Gasteiger partial charge >= 0.3 is 0 Å². The molecule has 2 saturated heterocycles. The van der Waals surface area contributed by atoms with E-state index in [4.69, 9.17) is 0 Å². The summed E-state index contributed by atoms with van der Waals surface area (Å²) in [6, 6.07) is 17.4. The summed E-state index contributed by atoms with van der Waals surface area (Å²) in [4.78, 5) is 26.2. The van der Waals surface area contributed by atoms with E-state index in [1.54, 1.807) is 13.8 Å². The van der Waals surface area contributed by atoms with Crippen LogP contribution in [0.15, 0.2) is 54.6 Å². The van der Waals surface area contributed by atoms with Gasteiger partial charge in [0, 0.05) is 40.0 Å². The second-order valence-corrected chi connectivity index (χ2v) is 9.42. The average molecular weight is 469 g/mol. The Hall–Kier alpha value is -2.69. The Labute approximate surface area is 205 Å². The fraction of sp³-hybridized carbons (Fsp3) is 0.517. The lowest BCUT2D eigenvalue weighted by Gasteiger charge is -2.31. The van der Waals surface area contributed by atoms with E-state index in [9.17, 15) is 14.0 Å². The summed E-state index contributed by atoms with van der Waals surface area (Å²) in [6.45, 7) is 6.89. The highest BCUT2D eigenvalue weighted by Crippen LogP contribution is 2.22. The number of carbonyl (C=O) groups is 2. The first-order chi connectivity index (χ1) is 15.9. The molecule has 0 aromatic heterocycles. The van der Waals surface area contributed by atoms with Crippen LogP contribution in [0.5, 0.6) is 0 Å². The summed E-state index contributed by atoms with van der Waals surface area (Å²) in [5.41, 5.74) is 2.61. The van der Waals surface area contributed by atoms with E-state index in [-0.39, 0.29) is 25.1 Å². The summed E-state index contributed by atoms with van der Waals surface area (Å²) < 4.78 is 12.8. The maximum absolute atomic E-state index is 12.8. The number of hydrogen-bond donors (Lipinski definition) is 0. The van der Waals surface area contributed by atoms with Crippen LogP contribution in [0.2, 0.25) is 0 Å². The van der Waals surface area contributed by atoms with Gasteiger partial charge in [0.2, 0.25) is 11.8 Å². The zero-order chi connectivity index (χ0) is 23.6. The molecule has 0 aliphatic carbocycles. The van der Waals surface area contributed by atoms with Crippen LogP contribution in [0.25, 0.3) is 0 Å². The van der Waals surface area contributed by atoms with Crippen molar-refractivity contribution in [2.24, 2.45) is 11.8 Å². The lowest BCUT2D eigenvalue weighted by molar-refractivity contribution is -0.131. The van der Waals surface area contributed by atoms with Crippen LogP contribution in [-0.4, -0.2) is 47.8 Å². The van der Waals surface area contributed by atoms with Crippen molar-refractivity contribution in [2.75, 3.05) is 26.2 Å². The van der Waals surface area contributed by atoms with Crippen LogP contribution >= 0.6 is 0 Å². The largest absolute Gasteiger partial charge is 0.343 e. The lowest BCUT2D eigenvalue weighted by atomic mass is 9.90. The molecule has 0 bridgehead atoms. The van der Waals surface area contributed by atoms with Gasteiger partial charge in [-0.2, -0.15) is 0 Å². The van der Waals surface area contributed by atoms with Crippen molar-refractivity contribution >= 4 is 11.8 Å². The first-order valence-electron chi connectivity index (χ1n) is 12.2. The summed E-state index contributed by atoms with van der Waals surface area (Å²) >= 11 is 0. The van der Waals surface area contributed by atoms with Gasteiger partial charge in [-0.05, 0) is 73.6 Å². The molecule has 0 saturated carbocycles. The summed E-state index contributed by atoms with van der Waals surface area (Å²) in [5.74, 6) is 1.58. The van der Waals surface area contributed by atoms with Crippen LogP contribution in [0.1, 0.15) is 58.1 Å². The fourth-order valence-corrected chi connectivity index (χ4v) is 4.81. The molecule has 2 aliphatic heterocycles. The van der Waals surface area contributed by atoms with E-state index in [1.165, 1.54) is 23.3 Å². The first kappa shape index (κ1) is 27.6. The molecule has 2 aromatic carbocycles. The molecule has 34 heavy (non-hydrogen) atoms. The third-order valence-corrected chi connectivity index (χ3v) is 6.92. The van der Waals surface area contributed by atoms with E-state index in [1.807, 2.05) is 21.9 Å².